The van der Waals surface area contributed by atoms with Crippen LogP contribution >= 0.6 is 0 Å². The van der Waals surface area contributed by atoms with Crippen molar-refractivity contribution in [2.24, 2.45) is 5.28 Å². The molecule has 2 N–H and O–H groups in total. The Morgan fingerprint density at radius 1 is 1.29 bits per heavy atom. The quantitative estimate of drug-likeness (QED) is 0.478. The van der Waals surface area contributed by atoms with Crippen LogP contribution in [0.2, 0.25) is 0 Å². The van der Waals surface area contributed by atoms with E-state index in [2.05, 4.69) is 5.28 Å². The highest BCUT2D eigenvalue weighted by atomic mass is 16.6. The van der Waals surface area contributed by atoms with Crippen LogP contribution < -0.4 is 0 Å². The molecule has 0 aliphatic rings. The Kier molecular flexibility index (Phi) is 7.45. The molecule has 0 saturated carbocycles. The molecule has 0 aromatic heterocycles. The lowest BCUT2D eigenvalue weighted by molar-refractivity contribution is -0.719. The Hall–Kier alpha value is -1.82. The zero-order chi connectivity index (χ0) is 13.3. The van der Waals surface area contributed by atoms with Crippen LogP contribution in [0.25, 0.3) is 0 Å². The van der Waals surface area contributed by atoms with Crippen molar-refractivity contribution in [3.63, 3.8) is 0 Å². The highest BCUT2D eigenvalue weighted by Crippen LogP contribution is 2.08. The van der Waals surface area contributed by atoms with Gasteiger partial charge in [0.05, 0.1) is 11.0 Å². The first-order valence-electron chi connectivity index (χ1n) is 5.22. The molecular weight excluding hydrogens is 222 g/mol. The van der Waals surface area contributed by atoms with E-state index in [1.54, 1.807) is 0 Å². The third kappa shape index (κ3) is 5.17. The molecule has 0 fully saturated rings. The number of hydrazine groups is 1. The van der Waals surface area contributed by atoms with Crippen molar-refractivity contribution in [3.05, 3.63) is 41.1 Å². The topological polar surface area (TPSA) is 82.1 Å². The van der Waals surface area contributed by atoms with Gasteiger partial charge in [-0.05, 0) is 19.4 Å². The number of benzene rings is 1. The van der Waals surface area contributed by atoms with Gasteiger partial charge >= 0.3 is 0 Å². The van der Waals surface area contributed by atoms with Crippen LogP contribution in [0.15, 0.2) is 35.6 Å². The monoisotopic (exact) mass is 241 g/mol. The van der Waals surface area contributed by atoms with Crippen LogP contribution in [-0.4, -0.2) is 33.4 Å². The molecule has 1 rings (SSSR count). The van der Waals surface area contributed by atoms with Gasteiger partial charge in [-0.15, -0.1) is 5.01 Å². The van der Waals surface area contributed by atoms with Crippen LogP contribution in [0.3, 0.4) is 0 Å². The van der Waals surface area contributed by atoms with Gasteiger partial charge in [-0.1, -0.05) is 30.3 Å². The lowest BCUT2D eigenvalue weighted by atomic mass is 10.2. The molecule has 0 aliphatic carbocycles. The van der Waals surface area contributed by atoms with Crippen molar-refractivity contribution in [2.45, 2.75) is 26.4 Å². The Morgan fingerprint density at radius 3 is 2.24 bits per heavy atom. The van der Waals surface area contributed by atoms with E-state index < -0.39 is 0 Å². The largest absolute Gasteiger partial charge is 0.569 e. The summed E-state index contributed by atoms with van der Waals surface area (Å²) in [6.45, 7) is 4.14. The molecule has 6 nitrogen and oxygen atoms in total. The number of aliphatic hydroxyl groups is 1. The maximum atomic E-state index is 11.2. The zero-order valence-electron chi connectivity index (χ0n) is 10.3. The van der Waals surface area contributed by atoms with Gasteiger partial charge in [0, 0.05) is 7.11 Å². The molecule has 0 heterocycles. The predicted molar refractivity (Wildman–Crippen MR) is 63.1 cm³/mol. The van der Waals surface area contributed by atoms with Gasteiger partial charge in [0.15, 0.2) is 0 Å². The normalized spacial score (nSPS) is 10.8. The standard InChI is InChI=1S/C10H15N3O2.CH4O/c1-9(2)12(13(15)11-14)8-10-6-4-3-5-7-10;1-2/h3-7,9,14H,8H2,1-2H3;2H,1H3/b13-11+;. The fourth-order valence-electron chi connectivity index (χ4n) is 1.26. The van der Waals surface area contributed by atoms with Gasteiger partial charge in [-0.25, -0.2) is 0 Å². The fraction of sp³-hybridized carbons (Fsp3) is 0.455. The molecule has 0 saturated heterocycles. The summed E-state index contributed by atoms with van der Waals surface area (Å²) in [4.78, 5) is 0.206. The Bertz CT molecular complexity index is 328. The van der Waals surface area contributed by atoms with E-state index in [0.29, 0.717) is 6.54 Å². The molecule has 0 spiro atoms. The average Bonchev–Trinajstić information content (AvgIpc) is 2.38. The highest BCUT2D eigenvalue weighted by molar-refractivity contribution is 5.14. The van der Waals surface area contributed by atoms with Crippen molar-refractivity contribution in [3.8, 4) is 0 Å². The van der Waals surface area contributed by atoms with Crippen LogP contribution in [-0.2, 0) is 6.54 Å². The maximum Gasteiger partial charge on any atom is 0.230 e. The van der Waals surface area contributed by atoms with Crippen molar-refractivity contribution >= 4 is 0 Å². The van der Waals surface area contributed by atoms with Gasteiger partial charge in [0.2, 0.25) is 5.28 Å². The lowest BCUT2D eigenvalue weighted by Gasteiger charge is -2.21. The summed E-state index contributed by atoms with van der Waals surface area (Å²) in [5.74, 6) is 0. The molecule has 96 valence electrons. The summed E-state index contributed by atoms with van der Waals surface area (Å²) in [5.41, 5.74) is 0.996. The van der Waals surface area contributed by atoms with Crippen molar-refractivity contribution in [2.75, 3.05) is 7.11 Å². The minimum atomic E-state index is -0.0291. The summed E-state index contributed by atoms with van der Waals surface area (Å²) in [6.07, 6.45) is 0. The summed E-state index contributed by atoms with van der Waals surface area (Å²) in [7, 11) is 1.00. The lowest BCUT2D eigenvalue weighted by Crippen LogP contribution is -2.36. The average molecular weight is 241 g/mol. The summed E-state index contributed by atoms with van der Waals surface area (Å²) >= 11 is 0. The molecular formula is C11H19N3O3. The summed E-state index contributed by atoms with van der Waals surface area (Å²) in [5, 5.41) is 30.6. The predicted octanol–water partition coefficient (Wildman–Crippen LogP) is 1.77. The van der Waals surface area contributed by atoms with E-state index in [4.69, 9.17) is 10.3 Å². The first-order chi connectivity index (χ1) is 8.15. The van der Waals surface area contributed by atoms with Crippen LogP contribution in [0, 0.1) is 5.21 Å². The summed E-state index contributed by atoms with van der Waals surface area (Å²) < 4.78 is 0. The van der Waals surface area contributed by atoms with Crippen molar-refractivity contribution in [1.82, 2.24) is 5.01 Å². The number of rotatable bonds is 4. The molecule has 17 heavy (non-hydrogen) atoms. The van der Waals surface area contributed by atoms with Crippen LogP contribution in [0.1, 0.15) is 19.4 Å². The second kappa shape index (κ2) is 8.35. The van der Waals surface area contributed by atoms with E-state index in [1.165, 1.54) is 5.01 Å². The maximum absolute atomic E-state index is 11.2. The second-order valence-corrected chi connectivity index (χ2v) is 3.52. The Morgan fingerprint density at radius 2 is 1.82 bits per heavy atom. The molecule has 1 aromatic carbocycles. The Labute approximate surface area is 101 Å². The molecule has 0 atom stereocenters. The van der Waals surface area contributed by atoms with E-state index >= 15 is 0 Å². The first-order valence-corrected chi connectivity index (χ1v) is 5.22. The first kappa shape index (κ1) is 15.2. The third-order valence-corrected chi connectivity index (χ3v) is 2.08. The molecule has 0 unspecified atom stereocenters. The van der Waals surface area contributed by atoms with Crippen LogP contribution in [0.4, 0.5) is 0 Å². The molecule has 0 bridgehead atoms. The molecule has 0 aliphatic heterocycles. The third-order valence-electron chi connectivity index (χ3n) is 2.08. The van der Waals surface area contributed by atoms with E-state index in [1.807, 2.05) is 44.2 Å². The zero-order valence-corrected chi connectivity index (χ0v) is 10.3. The molecule has 0 amide bonds. The highest BCUT2D eigenvalue weighted by Gasteiger charge is 2.17. The van der Waals surface area contributed by atoms with Crippen molar-refractivity contribution < 1.29 is 15.3 Å². The molecule has 1 aromatic rings. The van der Waals surface area contributed by atoms with Crippen molar-refractivity contribution in [1.29, 1.82) is 0 Å². The summed E-state index contributed by atoms with van der Waals surface area (Å²) in [6, 6.07) is 9.52. The number of hydrogen-bond donors (Lipinski definition) is 2. The van der Waals surface area contributed by atoms with Gasteiger partial charge in [0.25, 0.3) is 0 Å². The van der Waals surface area contributed by atoms with E-state index in [-0.39, 0.29) is 11.0 Å². The molecule has 6 heteroatoms. The van der Waals surface area contributed by atoms with Gasteiger partial charge in [-0.2, -0.15) is 0 Å². The fourth-order valence-corrected chi connectivity index (χ4v) is 1.26. The van der Waals surface area contributed by atoms with Gasteiger partial charge in [-0.3, -0.25) is 0 Å². The number of hydrogen-bond acceptors (Lipinski definition) is 3. The minimum absolute atomic E-state index is 0.0291. The second-order valence-electron chi connectivity index (χ2n) is 3.52. The van der Waals surface area contributed by atoms with Crippen LogP contribution in [0.5, 0.6) is 0 Å². The van der Waals surface area contributed by atoms with Gasteiger partial charge in [0.1, 0.15) is 6.54 Å². The van der Waals surface area contributed by atoms with E-state index in [0.717, 1.165) is 12.7 Å². The minimum Gasteiger partial charge on any atom is -0.569 e. The van der Waals surface area contributed by atoms with Gasteiger partial charge < -0.3 is 15.5 Å². The molecule has 0 radical (unpaired) electrons. The number of nitrogens with zero attached hydrogens (tertiary/aromatic N) is 3. The number of aliphatic hydroxyl groups excluding tert-OH is 1. The SMILES string of the molecule is CC(C)N(Cc1ccccc1)/[N+]([O-])=N\O.CO. The Balaban J connectivity index is 0.00000121. The smallest absolute Gasteiger partial charge is 0.230 e. The van der Waals surface area contributed by atoms with E-state index in [9.17, 15) is 5.21 Å².